The molecule has 1 amide bonds. The maximum absolute atomic E-state index is 12.1. The predicted molar refractivity (Wildman–Crippen MR) is 78.0 cm³/mol. The summed E-state index contributed by atoms with van der Waals surface area (Å²) in [5, 5.41) is 2.13. The van der Waals surface area contributed by atoms with E-state index in [0.29, 0.717) is 10.9 Å². The van der Waals surface area contributed by atoms with Crippen molar-refractivity contribution in [3.63, 3.8) is 0 Å². The second-order valence-corrected chi connectivity index (χ2v) is 5.60. The lowest BCUT2D eigenvalue weighted by atomic mass is 9.99. The first-order valence-electron chi connectivity index (χ1n) is 6.62. The molecule has 1 fully saturated rings. The lowest BCUT2D eigenvalue weighted by Crippen LogP contribution is -2.46. The first-order valence-corrected chi connectivity index (χ1v) is 6.99. The molecule has 0 bridgehead atoms. The number of halogens is 1. The van der Waals surface area contributed by atoms with Crippen molar-refractivity contribution in [1.82, 2.24) is 4.90 Å². The van der Waals surface area contributed by atoms with Crippen LogP contribution >= 0.6 is 11.6 Å². The van der Waals surface area contributed by atoms with Gasteiger partial charge in [-0.25, -0.2) is 5.84 Å². The molecule has 0 spiro atoms. The van der Waals surface area contributed by atoms with E-state index in [9.17, 15) is 4.79 Å². The molecule has 0 unspecified atom stereocenters. The van der Waals surface area contributed by atoms with Gasteiger partial charge in [-0.3, -0.25) is 4.79 Å². The van der Waals surface area contributed by atoms with E-state index in [1.54, 1.807) is 12.1 Å². The van der Waals surface area contributed by atoms with Crippen LogP contribution in [0.2, 0.25) is 5.02 Å². The average molecular weight is 282 g/mol. The van der Waals surface area contributed by atoms with Crippen LogP contribution in [0.4, 0.5) is 5.69 Å². The van der Waals surface area contributed by atoms with E-state index in [1.165, 1.54) is 5.01 Å². The lowest BCUT2D eigenvalue weighted by molar-refractivity contribution is -0.131. The lowest BCUT2D eigenvalue weighted by Gasteiger charge is -2.31. The molecule has 104 valence electrons. The zero-order valence-corrected chi connectivity index (χ0v) is 11.9. The first-order chi connectivity index (χ1) is 9.06. The highest BCUT2D eigenvalue weighted by Crippen LogP contribution is 2.18. The third kappa shape index (κ3) is 3.85. The zero-order chi connectivity index (χ0) is 13.8. The summed E-state index contributed by atoms with van der Waals surface area (Å²) in [6.07, 6.45) is 2.16. The van der Waals surface area contributed by atoms with Crippen LogP contribution < -0.4 is 10.9 Å². The number of benzene rings is 1. The highest BCUT2D eigenvalue weighted by atomic mass is 35.5. The van der Waals surface area contributed by atoms with Crippen LogP contribution in [-0.4, -0.2) is 30.4 Å². The molecule has 1 aliphatic rings. The van der Waals surface area contributed by atoms with Crippen LogP contribution in [0.15, 0.2) is 24.3 Å². The molecule has 2 rings (SSSR count). The largest absolute Gasteiger partial charge is 0.341 e. The maximum atomic E-state index is 12.1. The van der Waals surface area contributed by atoms with E-state index >= 15 is 0 Å². The molecule has 1 aliphatic heterocycles. The van der Waals surface area contributed by atoms with Gasteiger partial charge in [0.2, 0.25) is 5.91 Å². The summed E-state index contributed by atoms with van der Waals surface area (Å²) in [6.45, 7) is 4.11. The number of nitrogens with two attached hydrogens (primary N) is 1. The van der Waals surface area contributed by atoms with Crippen LogP contribution in [-0.2, 0) is 4.79 Å². The van der Waals surface area contributed by atoms with Crippen LogP contribution in [0.5, 0.6) is 0 Å². The molecule has 1 heterocycles. The SMILES string of the molecule is CC1CCN(C(=O)CN(N)c2ccc(Cl)cc2)CC1. The molecule has 2 N–H and O–H groups in total. The smallest absolute Gasteiger partial charge is 0.243 e. The van der Waals surface area contributed by atoms with Crippen LogP contribution in [0, 0.1) is 5.92 Å². The summed E-state index contributed by atoms with van der Waals surface area (Å²) in [5.74, 6) is 6.73. The minimum atomic E-state index is 0.0874. The summed E-state index contributed by atoms with van der Waals surface area (Å²) in [6, 6.07) is 7.16. The van der Waals surface area contributed by atoms with Gasteiger partial charge in [0.05, 0.1) is 5.69 Å². The van der Waals surface area contributed by atoms with Crippen LogP contribution in [0.1, 0.15) is 19.8 Å². The number of likely N-dealkylation sites (tertiary alicyclic amines) is 1. The summed E-state index contributed by atoms with van der Waals surface area (Å²) in [4.78, 5) is 14.0. The van der Waals surface area contributed by atoms with E-state index < -0.39 is 0 Å². The number of hydrogen-bond donors (Lipinski definition) is 1. The number of carbonyl (C=O) groups excluding carboxylic acids is 1. The van der Waals surface area contributed by atoms with E-state index in [0.717, 1.165) is 31.6 Å². The molecular formula is C14H20ClN3O. The van der Waals surface area contributed by atoms with Gasteiger partial charge in [-0.05, 0) is 43.0 Å². The summed E-state index contributed by atoms with van der Waals surface area (Å²) >= 11 is 5.82. The Labute approximate surface area is 119 Å². The Kier molecular flexibility index (Phi) is 4.66. The summed E-state index contributed by atoms with van der Waals surface area (Å²) < 4.78 is 0. The number of rotatable bonds is 3. The molecule has 0 aromatic heterocycles. The van der Waals surface area contributed by atoms with Crippen molar-refractivity contribution in [1.29, 1.82) is 0 Å². The van der Waals surface area contributed by atoms with Crippen molar-refractivity contribution in [2.24, 2.45) is 11.8 Å². The third-order valence-corrected chi connectivity index (χ3v) is 3.85. The molecule has 19 heavy (non-hydrogen) atoms. The van der Waals surface area contributed by atoms with Gasteiger partial charge >= 0.3 is 0 Å². The van der Waals surface area contributed by atoms with E-state index in [-0.39, 0.29) is 12.5 Å². The van der Waals surface area contributed by atoms with Gasteiger partial charge in [0.25, 0.3) is 0 Å². The Hall–Kier alpha value is -1.26. The fourth-order valence-corrected chi connectivity index (χ4v) is 2.35. The summed E-state index contributed by atoms with van der Waals surface area (Å²) in [7, 11) is 0. The van der Waals surface area contributed by atoms with E-state index in [1.807, 2.05) is 17.0 Å². The quantitative estimate of drug-likeness (QED) is 0.683. The fraction of sp³-hybridized carbons (Fsp3) is 0.500. The molecule has 4 nitrogen and oxygen atoms in total. The Morgan fingerprint density at radius 1 is 1.37 bits per heavy atom. The summed E-state index contributed by atoms with van der Waals surface area (Å²) in [5.41, 5.74) is 0.795. The van der Waals surface area contributed by atoms with Gasteiger partial charge in [0, 0.05) is 18.1 Å². The minimum Gasteiger partial charge on any atom is -0.341 e. The molecule has 5 heteroatoms. The molecule has 0 saturated carbocycles. The van der Waals surface area contributed by atoms with Crippen LogP contribution in [0.25, 0.3) is 0 Å². The third-order valence-electron chi connectivity index (χ3n) is 3.60. The second kappa shape index (κ2) is 6.26. The van der Waals surface area contributed by atoms with Crippen molar-refractivity contribution in [2.75, 3.05) is 24.6 Å². The van der Waals surface area contributed by atoms with Gasteiger partial charge in [-0.2, -0.15) is 0 Å². The topological polar surface area (TPSA) is 49.6 Å². The van der Waals surface area contributed by atoms with Gasteiger partial charge in [0.1, 0.15) is 6.54 Å². The van der Waals surface area contributed by atoms with Crippen molar-refractivity contribution in [3.05, 3.63) is 29.3 Å². The fourth-order valence-electron chi connectivity index (χ4n) is 2.23. The number of amides is 1. The van der Waals surface area contributed by atoms with E-state index in [4.69, 9.17) is 17.4 Å². The Bertz CT molecular complexity index is 427. The van der Waals surface area contributed by atoms with Gasteiger partial charge in [-0.1, -0.05) is 18.5 Å². The number of anilines is 1. The average Bonchev–Trinajstić information content (AvgIpc) is 2.40. The molecule has 1 aromatic rings. The maximum Gasteiger partial charge on any atom is 0.243 e. The van der Waals surface area contributed by atoms with Gasteiger partial charge < -0.3 is 9.91 Å². The van der Waals surface area contributed by atoms with Gasteiger partial charge in [-0.15, -0.1) is 0 Å². The number of piperidine rings is 1. The normalized spacial score (nSPS) is 16.5. The Morgan fingerprint density at radius 3 is 2.53 bits per heavy atom. The highest BCUT2D eigenvalue weighted by molar-refractivity contribution is 6.30. The standard InChI is InChI=1S/C14H20ClN3O/c1-11-6-8-17(9-7-11)14(19)10-18(16)13-4-2-12(15)3-5-13/h2-5,11H,6-10,16H2,1H3. The van der Waals surface area contributed by atoms with Crippen molar-refractivity contribution in [3.8, 4) is 0 Å². The van der Waals surface area contributed by atoms with Gasteiger partial charge in [0.15, 0.2) is 0 Å². The van der Waals surface area contributed by atoms with Crippen molar-refractivity contribution >= 4 is 23.2 Å². The second-order valence-electron chi connectivity index (χ2n) is 5.17. The van der Waals surface area contributed by atoms with E-state index in [2.05, 4.69) is 6.92 Å². The van der Waals surface area contributed by atoms with Crippen molar-refractivity contribution < 1.29 is 4.79 Å². The monoisotopic (exact) mass is 281 g/mol. The molecule has 0 atom stereocenters. The first kappa shape index (κ1) is 14.2. The highest BCUT2D eigenvalue weighted by Gasteiger charge is 2.21. The number of nitrogens with zero attached hydrogens (tertiary/aromatic N) is 2. The molecular weight excluding hydrogens is 262 g/mol. The number of hydrogen-bond acceptors (Lipinski definition) is 3. The number of hydrazine groups is 1. The molecule has 0 radical (unpaired) electrons. The Balaban J connectivity index is 1.89. The molecule has 0 aliphatic carbocycles. The Morgan fingerprint density at radius 2 is 1.95 bits per heavy atom. The predicted octanol–water partition coefficient (Wildman–Crippen LogP) is 2.28. The minimum absolute atomic E-state index is 0.0874. The van der Waals surface area contributed by atoms with Crippen LogP contribution in [0.3, 0.4) is 0 Å². The number of carbonyl (C=O) groups is 1. The zero-order valence-electron chi connectivity index (χ0n) is 11.2. The molecule has 1 aromatic carbocycles. The molecule has 1 saturated heterocycles. The van der Waals surface area contributed by atoms with Crippen molar-refractivity contribution in [2.45, 2.75) is 19.8 Å².